The van der Waals surface area contributed by atoms with Gasteiger partial charge in [-0.05, 0) is 17.7 Å². The van der Waals surface area contributed by atoms with Gasteiger partial charge in [-0.1, -0.05) is 13.8 Å². The third-order valence-electron chi connectivity index (χ3n) is 2.31. The SMILES string of the molecule is CNC(=O)OCc1cc(F)c(OC(=O)C(C)C)c(F)c1. The second-order valence-electron chi connectivity index (χ2n) is 4.29. The van der Waals surface area contributed by atoms with E-state index in [2.05, 4.69) is 14.8 Å². The van der Waals surface area contributed by atoms with E-state index in [-0.39, 0.29) is 12.2 Å². The van der Waals surface area contributed by atoms with Gasteiger partial charge >= 0.3 is 12.1 Å². The number of carbonyl (C=O) groups excluding carboxylic acids is 2. The second-order valence-corrected chi connectivity index (χ2v) is 4.29. The lowest BCUT2D eigenvalue weighted by Gasteiger charge is -2.10. The molecule has 0 bridgehead atoms. The Morgan fingerprint density at radius 3 is 2.25 bits per heavy atom. The predicted octanol–water partition coefficient (Wildman–Crippen LogP) is 2.38. The van der Waals surface area contributed by atoms with Crippen LogP contribution in [0.5, 0.6) is 5.75 Å². The van der Waals surface area contributed by atoms with Crippen molar-refractivity contribution >= 4 is 12.1 Å². The molecule has 0 fully saturated rings. The Bertz CT molecular complexity index is 494. The third kappa shape index (κ3) is 4.18. The van der Waals surface area contributed by atoms with E-state index in [1.165, 1.54) is 7.05 Å². The lowest BCUT2D eigenvalue weighted by Crippen LogP contribution is -2.19. The van der Waals surface area contributed by atoms with Gasteiger partial charge in [-0.3, -0.25) is 4.79 Å². The fourth-order valence-electron chi connectivity index (χ4n) is 1.23. The van der Waals surface area contributed by atoms with E-state index in [1.807, 2.05) is 0 Å². The first kappa shape index (κ1) is 15.9. The molecule has 0 aliphatic rings. The number of amides is 1. The number of nitrogens with one attached hydrogen (secondary N) is 1. The molecule has 1 N–H and O–H groups in total. The van der Waals surface area contributed by atoms with Crippen molar-refractivity contribution in [1.29, 1.82) is 0 Å². The molecular weight excluding hydrogens is 272 g/mol. The summed E-state index contributed by atoms with van der Waals surface area (Å²) in [4.78, 5) is 22.2. The van der Waals surface area contributed by atoms with Crippen molar-refractivity contribution in [3.05, 3.63) is 29.3 Å². The van der Waals surface area contributed by atoms with Gasteiger partial charge in [0.25, 0.3) is 0 Å². The molecular formula is C13H15F2NO4. The van der Waals surface area contributed by atoms with E-state index >= 15 is 0 Å². The zero-order chi connectivity index (χ0) is 15.3. The number of rotatable bonds is 4. The predicted molar refractivity (Wildman–Crippen MR) is 66.1 cm³/mol. The summed E-state index contributed by atoms with van der Waals surface area (Å²) >= 11 is 0. The number of esters is 1. The van der Waals surface area contributed by atoms with Gasteiger partial charge in [0, 0.05) is 7.05 Å². The number of alkyl carbamates (subject to hydrolysis) is 1. The van der Waals surface area contributed by atoms with Crippen molar-refractivity contribution in [3.63, 3.8) is 0 Å². The molecule has 0 saturated carbocycles. The van der Waals surface area contributed by atoms with Crippen LogP contribution in [0.15, 0.2) is 12.1 Å². The minimum atomic E-state index is -1.03. The first-order valence-electron chi connectivity index (χ1n) is 5.89. The van der Waals surface area contributed by atoms with Crippen LogP contribution >= 0.6 is 0 Å². The Hall–Kier alpha value is -2.18. The Labute approximate surface area is 114 Å². The number of hydrogen-bond acceptors (Lipinski definition) is 4. The minimum Gasteiger partial charge on any atom is -0.445 e. The fourth-order valence-corrected chi connectivity index (χ4v) is 1.23. The normalized spacial score (nSPS) is 10.3. The average Bonchev–Trinajstić information content (AvgIpc) is 2.39. The quantitative estimate of drug-likeness (QED) is 0.682. The van der Waals surface area contributed by atoms with Crippen LogP contribution in [0.25, 0.3) is 0 Å². The summed E-state index contributed by atoms with van der Waals surface area (Å²) in [6, 6.07) is 1.88. The molecule has 1 rings (SSSR count). The van der Waals surface area contributed by atoms with Crippen LogP contribution in [0.2, 0.25) is 0 Å². The van der Waals surface area contributed by atoms with E-state index in [0.717, 1.165) is 12.1 Å². The van der Waals surface area contributed by atoms with Crippen LogP contribution in [0, 0.1) is 17.6 Å². The van der Waals surface area contributed by atoms with Gasteiger partial charge in [-0.2, -0.15) is 0 Å². The topological polar surface area (TPSA) is 64.6 Å². The maximum atomic E-state index is 13.7. The molecule has 7 heteroatoms. The summed E-state index contributed by atoms with van der Waals surface area (Å²) in [7, 11) is 1.36. The molecule has 0 radical (unpaired) electrons. The number of benzene rings is 1. The Balaban J connectivity index is 2.86. The van der Waals surface area contributed by atoms with Crippen LogP contribution in [-0.4, -0.2) is 19.1 Å². The smallest absolute Gasteiger partial charge is 0.407 e. The Morgan fingerprint density at radius 1 is 1.25 bits per heavy atom. The first-order chi connectivity index (χ1) is 9.35. The standard InChI is InChI=1S/C13H15F2NO4/c1-7(2)12(17)20-11-9(14)4-8(5-10(11)15)6-19-13(18)16-3/h4-5,7H,6H2,1-3H3,(H,16,18). The van der Waals surface area contributed by atoms with Crippen LogP contribution < -0.4 is 10.1 Å². The van der Waals surface area contributed by atoms with Gasteiger partial charge in [0.2, 0.25) is 5.75 Å². The van der Waals surface area contributed by atoms with Crippen molar-refractivity contribution in [2.75, 3.05) is 7.05 Å². The lowest BCUT2D eigenvalue weighted by atomic mass is 10.2. The van der Waals surface area contributed by atoms with Gasteiger partial charge in [0.05, 0.1) is 5.92 Å². The van der Waals surface area contributed by atoms with Crippen molar-refractivity contribution in [1.82, 2.24) is 5.32 Å². The highest BCUT2D eigenvalue weighted by Gasteiger charge is 2.18. The summed E-state index contributed by atoms with van der Waals surface area (Å²) in [6.45, 7) is 2.79. The van der Waals surface area contributed by atoms with E-state index in [4.69, 9.17) is 0 Å². The molecule has 20 heavy (non-hydrogen) atoms. The van der Waals surface area contributed by atoms with Gasteiger partial charge in [-0.25, -0.2) is 13.6 Å². The molecule has 5 nitrogen and oxygen atoms in total. The van der Waals surface area contributed by atoms with Gasteiger partial charge in [0.15, 0.2) is 11.6 Å². The maximum absolute atomic E-state index is 13.7. The van der Waals surface area contributed by atoms with E-state index in [1.54, 1.807) is 13.8 Å². The molecule has 0 spiro atoms. The molecule has 1 amide bonds. The fraction of sp³-hybridized carbons (Fsp3) is 0.385. The monoisotopic (exact) mass is 287 g/mol. The van der Waals surface area contributed by atoms with Gasteiger partial charge in [-0.15, -0.1) is 0 Å². The number of halogens is 2. The molecule has 0 aromatic heterocycles. The summed E-state index contributed by atoms with van der Waals surface area (Å²) in [5.41, 5.74) is 0.105. The largest absolute Gasteiger partial charge is 0.445 e. The highest BCUT2D eigenvalue weighted by molar-refractivity contribution is 5.74. The molecule has 110 valence electrons. The van der Waals surface area contributed by atoms with E-state index in [0.29, 0.717) is 0 Å². The molecule has 0 unspecified atom stereocenters. The first-order valence-corrected chi connectivity index (χ1v) is 5.89. The molecule has 0 heterocycles. The zero-order valence-electron chi connectivity index (χ0n) is 11.3. The molecule has 1 aromatic rings. The van der Waals surface area contributed by atoms with E-state index in [9.17, 15) is 18.4 Å². The highest BCUT2D eigenvalue weighted by Crippen LogP contribution is 2.24. The molecule has 0 atom stereocenters. The minimum absolute atomic E-state index is 0.105. The molecule has 0 aliphatic heterocycles. The van der Waals surface area contributed by atoms with Crippen molar-refractivity contribution in [2.45, 2.75) is 20.5 Å². The number of hydrogen-bond donors (Lipinski definition) is 1. The van der Waals surface area contributed by atoms with Crippen LogP contribution in [-0.2, 0) is 16.1 Å². The van der Waals surface area contributed by atoms with Crippen molar-refractivity contribution in [2.24, 2.45) is 5.92 Å². The number of ether oxygens (including phenoxy) is 2. The van der Waals surface area contributed by atoms with Crippen LogP contribution in [0.3, 0.4) is 0 Å². The summed E-state index contributed by atoms with van der Waals surface area (Å²) in [5, 5.41) is 2.20. The highest BCUT2D eigenvalue weighted by atomic mass is 19.1. The van der Waals surface area contributed by atoms with Gasteiger partial charge in [0.1, 0.15) is 6.61 Å². The molecule has 1 aromatic carbocycles. The second kappa shape index (κ2) is 6.83. The maximum Gasteiger partial charge on any atom is 0.407 e. The molecule has 0 saturated heterocycles. The zero-order valence-corrected chi connectivity index (χ0v) is 11.3. The third-order valence-corrected chi connectivity index (χ3v) is 2.31. The summed E-state index contributed by atoms with van der Waals surface area (Å²) < 4.78 is 36.6. The van der Waals surface area contributed by atoms with E-state index < -0.39 is 35.4 Å². The average molecular weight is 287 g/mol. The van der Waals surface area contributed by atoms with Gasteiger partial charge < -0.3 is 14.8 Å². The van der Waals surface area contributed by atoms with Crippen molar-refractivity contribution in [3.8, 4) is 5.75 Å². The molecule has 0 aliphatic carbocycles. The summed E-state index contributed by atoms with van der Waals surface area (Å²) in [6.07, 6.45) is -0.721. The van der Waals surface area contributed by atoms with Crippen molar-refractivity contribution < 1.29 is 27.8 Å². The number of carbonyl (C=O) groups is 2. The summed E-state index contributed by atoms with van der Waals surface area (Å²) in [5.74, 6) is -4.07. The lowest BCUT2D eigenvalue weighted by molar-refractivity contribution is -0.138. The Kier molecular flexibility index (Phi) is 5.42. The Morgan fingerprint density at radius 2 is 1.80 bits per heavy atom. The van der Waals surface area contributed by atoms with Crippen LogP contribution in [0.4, 0.5) is 13.6 Å². The van der Waals surface area contributed by atoms with Crippen LogP contribution in [0.1, 0.15) is 19.4 Å².